The first-order valence-corrected chi connectivity index (χ1v) is 14.2. The number of nitrogens with one attached hydrogen (secondary N) is 1. The molecule has 0 saturated carbocycles. The highest BCUT2D eigenvalue weighted by Crippen LogP contribution is 2.35. The SMILES string of the molecule is CCC(CC)C(=O)Nc1ccc(N2CCN(C(c3ccccc3)c3nc4ccccc4s3)CC2)c(C#N)c1. The van der Waals surface area contributed by atoms with Gasteiger partial charge in [-0.15, -0.1) is 11.3 Å². The van der Waals surface area contributed by atoms with Crippen LogP contribution in [0, 0.1) is 17.2 Å². The van der Waals surface area contributed by atoms with Gasteiger partial charge in [0.05, 0.1) is 27.5 Å². The van der Waals surface area contributed by atoms with Gasteiger partial charge in [0.1, 0.15) is 11.1 Å². The lowest BCUT2D eigenvalue weighted by Gasteiger charge is -2.40. The van der Waals surface area contributed by atoms with E-state index in [9.17, 15) is 10.1 Å². The maximum Gasteiger partial charge on any atom is 0.227 e. The number of hydrogen-bond donors (Lipinski definition) is 1. The molecule has 1 N–H and O–H groups in total. The lowest BCUT2D eigenvalue weighted by Crippen LogP contribution is -2.48. The molecule has 0 bridgehead atoms. The lowest BCUT2D eigenvalue weighted by molar-refractivity contribution is -0.120. The van der Waals surface area contributed by atoms with Gasteiger partial charge in [0.2, 0.25) is 5.91 Å². The van der Waals surface area contributed by atoms with Crippen molar-refractivity contribution in [3.8, 4) is 6.07 Å². The number of nitrogens with zero attached hydrogens (tertiary/aromatic N) is 4. The van der Waals surface area contributed by atoms with Crippen molar-refractivity contribution < 1.29 is 4.79 Å². The van der Waals surface area contributed by atoms with Crippen LogP contribution in [0.2, 0.25) is 0 Å². The average Bonchev–Trinajstić information content (AvgIpc) is 3.38. The Morgan fingerprint density at radius 2 is 1.71 bits per heavy atom. The Kier molecular flexibility index (Phi) is 8.02. The van der Waals surface area contributed by atoms with Gasteiger partial charge in [-0.2, -0.15) is 5.26 Å². The summed E-state index contributed by atoms with van der Waals surface area (Å²) in [4.78, 5) is 22.3. The van der Waals surface area contributed by atoms with Crippen LogP contribution in [0.25, 0.3) is 10.2 Å². The zero-order valence-electron chi connectivity index (χ0n) is 21.9. The van der Waals surface area contributed by atoms with E-state index >= 15 is 0 Å². The van der Waals surface area contributed by atoms with Crippen LogP contribution in [0.15, 0.2) is 72.8 Å². The largest absolute Gasteiger partial charge is 0.368 e. The summed E-state index contributed by atoms with van der Waals surface area (Å²) in [7, 11) is 0. The standard InChI is InChI=1S/C31H33N5OS/c1-3-22(4-2)30(37)33-25-14-15-27(24(20-25)21-32)35-16-18-36(19-17-35)29(23-10-6-5-7-11-23)31-34-26-12-8-9-13-28(26)38-31/h5-15,20,22,29H,3-4,16-19H2,1-2H3,(H,33,37). The van der Waals surface area contributed by atoms with Crippen molar-refractivity contribution in [3.63, 3.8) is 0 Å². The number of rotatable bonds is 8. The summed E-state index contributed by atoms with van der Waals surface area (Å²) >= 11 is 1.76. The van der Waals surface area contributed by atoms with Gasteiger partial charge in [-0.05, 0) is 48.7 Å². The Morgan fingerprint density at radius 1 is 1.00 bits per heavy atom. The summed E-state index contributed by atoms with van der Waals surface area (Å²) in [5.41, 5.74) is 4.48. The number of carbonyl (C=O) groups excluding carboxylic acids is 1. The van der Waals surface area contributed by atoms with E-state index in [2.05, 4.69) is 69.7 Å². The van der Waals surface area contributed by atoms with Gasteiger partial charge < -0.3 is 10.2 Å². The topological polar surface area (TPSA) is 72.3 Å². The molecule has 1 atom stereocenters. The number of amides is 1. The van der Waals surface area contributed by atoms with Crippen molar-refractivity contribution in [3.05, 3.63) is 88.9 Å². The molecule has 1 aliphatic rings. The minimum Gasteiger partial charge on any atom is -0.368 e. The number of benzene rings is 3. The van der Waals surface area contributed by atoms with Crippen molar-refractivity contribution in [2.45, 2.75) is 32.7 Å². The number of piperazine rings is 1. The van der Waals surface area contributed by atoms with Crippen LogP contribution >= 0.6 is 11.3 Å². The lowest BCUT2D eigenvalue weighted by atomic mass is 10.0. The normalized spacial score (nSPS) is 14.9. The molecule has 6 nitrogen and oxygen atoms in total. The summed E-state index contributed by atoms with van der Waals surface area (Å²) in [5.74, 6) is 0.00309. The Balaban J connectivity index is 1.34. The van der Waals surface area contributed by atoms with Crippen LogP contribution in [0.1, 0.15) is 48.9 Å². The molecule has 1 aliphatic heterocycles. The second-order valence-corrected chi connectivity index (χ2v) is 10.8. The molecule has 1 amide bonds. The fraction of sp³-hybridized carbons (Fsp3) is 0.323. The minimum atomic E-state index is -0.0127. The number of carbonyl (C=O) groups is 1. The predicted molar refractivity (Wildman–Crippen MR) is 156 cm³/mol. The van der Waals surface area contributed by atoms with Crippen LogP contribution < -0.4 is 10.2 Å². The average molecular weight is 524 g/mol. The van der Waals surface area contributed by atoms with Gasteiger partial charge in [-0.3, -0.25) is 9.69 Å². The fourth-order valence-electron chi connectivity index (χ4n) is 5.26. The molecule has 1 saturated heterocycles. The molecule has 4 aromatic rings. The highest BCUT2D eigenvalue weighted by molar-refractivity contribution is 7.18. The van der Waals surface area contributed by atoms with Gasteiger partial charge >= 0.3 is 0 Å². The maximum absolute atomic E-state index is 12.5. The number of fused-ring (bicyclic) bond motifs is 1. The molecule has 1 fully saturated rings. The Morgan fingerprint density at radius 3 is 2.39 bits per heavy atom. The van der Waals surface area contributed by atoms with E-state index in [4.69, 9.17) is 4.98 Å². The van der Waals surface area contributed by atoms with Crippen molar-refractivity contribution in [2.75, 3.05) is 36.4 Å². The second-order valence-electron chi connectivity index (χ2n) is 9.70. The molecule has 38 heavy (non-hydrogen) atoms. The van der Waals surface area contributed by atoms with Gasteiger partial charge in [0.15, 0.2) is 0 Å². The van der Waals surface area contributed by atoms with Gasteiger partial charge in [0, 0.05) is 37.8 Å². The Labute approximate surface area is 228 Å². The third-order valence-electron chi connectivity index (χ3n) is 7.42. The number of thiazole rings is 1. The summed E-state index contributed by atoms with van der Waals surface area (Å²) in [6, 6.07) is 27.1. The summed E-state index contributed by atoms with van der Waals surface area (Å²) < 4.78 is 1.21. The quantitative estimate of drug-likeness (QED) is 0.287. The molecule has 0 radical (unpaired) electrons. The van der Waals surface area contributed by atoms with E-state index in [0.29, 0.717) is 11.3 Å². The number of anilines is 2. The van der Waals surface area contributed by atoms with E-state index in [1.807, 2.05) is 32.0 Å². The van der Waals surface area contributed by atoms with Crippen LogP contribution in [-0.4, -0.2) is 42.0 Å². The van der Waals surface area contributed by atoms with Crippen LogP contribution in [-0.2, 0) is 4.79 Å². The first-order chi connectivity index (χ1) is 18.6. The smallest absolute Gasteiger partial charge is 0.227 e. The highest BCUT2D eigenvalue weighted by atomic mass is 32.1. The fourth-order valence-corrected chi connectivity index (χ4v) is 6.39. The third kappa shape index (κ3) is 5.42. The maximum atomic E-state index is 12.5. The molecule has 2 heterocycles. The molecule has 3 aromatic carbocycles. The zero-order chi connectivity index (χ0) is 26.5. The second kappa shape index (κ2) is 11.8. The Hall–Kier alpha value is -3.73. The molecule has 194 valence electrons. The molecule has 5 rings (SSSR count). The predicted octanol–water partition coefficient (Wildman–Crippen LogP) is 6.45. The van der Waals surface area contributed by atoms with Crippen molar-refractivity contribution in [1.82, 2.24) is 9.88 Å². The van der Waals surface area contributed by atoms with E-state index in [0.717, 1.165) is 55.2 Å². The number of aromatic nitrogens is 1. The molecule has 7 heteroatoms. The van der Waals surface area contributed by atoms with E-state index < -0.39 is 0 Å². The minimum absolute atomic E-state index is 0.0127. The van der Waals surface area contributed by atoms with Crippen LogP contribution in [0.5, 0.6) is 0 Å². The first-order valence-electron chi connectivity index (χ1n) is 13.4. The summed E-state index contributed by atoms with van der Waals surface area (Å²) in [6.07, 6.45) is 1.60. The number of para-hydroxylation sites is 1. The molecule has 0 aliphatic carbocycles. The monoisotopic (exact) mass is 523 g/mol. The van der Waals surface area contributed by atoms with E-state index in [1.54, 1.807) is 17.4 Å². The third-order valence-corrected chi connectivity index (χ3v) is 8.51. The van der Waals surface area contributed by atoms with Crippen molar-refractivity contribution in [2.24, 2.45) is 5.92 Å². The molecule has 1 aromatic heterocycles. The molecular formula is C31H33N5OS. The highest BCUT2D eigenvalue weighted by Gasteiger charge is 2.29. The van der Waals surface area contributed by atoms with Gasteiger partial charge in [-0.1, -0.05) is 56.3 Å². The van der Waals surface area contributed by atoms with Gasteiger partial charge in [-0.25, -0.2) is 4.98 Å². The van der Waals surface area contributed by atoms with Crippen LogP contribution in [0.4, 0.5) is 11.4 Å². The summed E-state index contributed by atoms with van der Waals surface area (Å²) in [6.45, 7) is 7.37. The molecule has 1 unspecified atom stereocenters. The Bertz CT molecular complexity index is 1400. The number of nitriles is 1. The summed E-state index contributed by atoms with van der Waals surface area (Å²) in [5, 5.41) is 14.0. The zero-order valence-corrected chi connectivity index (χ0v) is 22.7. The van der Waals surface area contributed by atoms with Crippen molar-refractivity contribution in [1.29, 1.82) is 5.26 Å². The van der Waals surface area contributed by atoms with E-state index in [1.165, 1.54) is 10.3 Å². The molecule has 0 spiro atoms. The first kappa shape index (κ1) is 25.9. The number of hydrogen-bond acceptors (Lipinski definition) is 6. The van der Waals surface area contributed by atoms with Crippen molar-refractivity contribution >= 4 is 38.8 Å². The van der Waals surface area contributed by atoms with E-state index in [-0.39, 0.29) is 17.9 Å². The molecular weight excluding hydrogens is 490 g/mol. The van der Waals surface area contributed by atoms with Crippen LogP contribution in [0.3, 0.4) is 0 Å². The van der Waals surface area contributed by atoms with Gasteiger partial charge in [0.25, 0.3) is 0 Å².